The summed E-state index contributed by atoms with van der Waals surface area (Å²) in [7, 11) is 0. The van der Waals surface area contributed by atoms with E-state index in [-0.39, 0.29) is 116 Å². The maximum absolute atomic E-state index is 12.0. The number of H-pyrrole nitrogens is 1. The van der Waals surface area contributed by atoms with Crippen LogP contribution in [0.5, 0.6) is 0 Å². The van der Waals surface area contributed by atoms with E-state index < -0.39 is 14.8 Å². The minimum absolute atomic E-state index is 0. The van der Waals surface area contributed by atoms with Crippen LogP contribution in [0.15, 0.2) is 72.8 Å². The van der Waals surface area contributed by atoms with E-state index in [1.54, 1.807) is 30.3 Å². The Balaban J connectivity index is 0.000000235. The molecule has 20 heteroatoms. The number of nitro benzene ring substituents is 3. The van der Waals surface area contributed by atoms with Gasteiger partial charge in [-0.25, -0.2) is 4.98 Å². The molecule has 4 aromatic carbocycles. The van der Waals surface area contributed by atoms with Crippen molar-refractivity contribution >= 4 is 86.7 Å². The minimum Gasteiger partial charge on any atom is -0.393 e. The molecule has 0 radical (unpaired) electrons. The van der Waals surface area contributed by atoms with E-state index in [1.807, 2.05) is 68.4 Å². The van der Waals surface area contributed by atoms with Gasteiger partial charge in [-0.3, -0.25) is 54.3 Å². The van der Waals surface area contributed by atoms with Crippen molar-refractivity contribution in [3.63, 3.8) is 0 Å². The average Bonchev–Trinajstić information content (AvgIpc) is 3.74. The molecule has 8 rings (SSSR count). The van der Waals surface area contributed by atoms with E-state index in [1.165, 1.54) is 23.8 Å². The molecule has 0 unspecified atom stereocenters. The smallest absolute Gasteiger partial charge is 0.293 e. The lowest BCUT2D eigenvalue weighted by molar-refractivity contribution is -0.384. The SMILES string of the molecule is CC(C)(C)c1ccc(N)c([N+](=O)[O-])c1.CC(C)(C)c1ccc(NC(=O)CCC2CC(=O)C2)c([N+](=O)[O-])c1.CC(C)(C)c1ccc(NC(=O)CCC2CC(=O)C2)c([N+](=O)[O-])c1.CC(C)(C)c1ccc2nc(CCC3CC(=O)C3)[nH]c2c1.Cl. The Bertz CT molecular complexity index is 3000. The van der Waals surface area contributed by atoms with Crippen LogP contribution in [0.4, 0.5) is 34.1 Å². The number of ketones is 3. The molecule has 0 spiro atoms. The normalized spacial score (nSPS) is 14.7. The second-order valence-electron chi connectivity index (χ2n) is 25.6. The summed E-state index contributed by atoms with van der Waals surface area (Å²) in [5, 5.41) is 38.4. The molecule has 1 heterocycles. The number of benzene rings is 4. The first kappa shape index (κ1) is 66.1. The lowest BCUT2D eigenvalue weighted by Gasteiger charge is -2.23. The number of hydrogen-bond donors (Lipinski definition) is 4. The number of Topliss-reactive ketones (excluding diaryl/α,β-unsaturated/α-hetero) is 3. The fourth-order valence-electron chi connectivity index (χ4n) is 9.13. The van der Waals surface area contributed by atoms with Crippen molar-refractivity contribution in [3.05, 3.63) is 131 Å². The molecule has 0 bridgehead atoms. The number of aryl methyl sites for hydroxylation is 1. The number of rotatable bonds is 14. The number of hydrogen-bond acceptors (Lipinski definition) is 13. The quantitative estimate of drug-likeness (QED) is 0.0457. The van der Waals surface area contributed by atoms with Crippen molar-refractivity contribution in [2.45, 2.75) is 182 Å². The number of carbonyl (C=O) groups excluding carboxylic acids is 5. The second-order valence-corrected chi connectivity index (χ2v) is 25.6. The molecule has 0 aliphatic heterocycles. The first-order valence-corrected chi connectivity index (χ1v) is 27.3. The highest BCUT2D eigenvalue weighted by Crippen LogP contribution is 2.36. The summed E-state index contributed by atoms with van der Waals surface area (Å²) in [6.07, 6.45) is 7.59. The molecule has 81 heavy (non-hydrogen) atoms. The molecule has 19 nitrogen and oxygen atoms in total. The highest BCUT2D eigenvalue weighted by atomic mass is 35.5. The number of imidazole rings is 1. The van der Waals surface area contributed by atoms with Gasteiger partial charge >= 0.3 is 0 Å². The van der Waals surface area contributed by atoms with E-state index in [2.05, 4.69) is 59.6 Å². The van der Waals surface area contributed by atoms with Gasteiger partial charge in [-0.15, -0.1) is 12.4 Å². The van der Waals surface area contributed by atoms with Crippen LogP contribution >= 0.6 is 12.4 Å². The van der Waals surface area contributed by atoms with Gasteiger partial charge in [0, 0.05) is 76.0 Å². The van der Waals surface area contributed by atoms with E-state index in [0.717, 1.165) is 59.2 Å². The van der Waals surface area contributed by atoms with Gasteiger partial charge in [0.25, 0.3) is 17.1 Å². The molecule has 3 aliphatic rings. The van der Waals surface area contributed by atoms with Gasteiger partial charge in [0.05, 0.1) is 25.8 Å². The predicted molar refractivity (Wildman–Crippen MR) is 319 cm³/mol. The predicted octanol–water partition coefficient (Wildman–Crippen LogP) is 13.8. The molecule has 0 atom stereocenters. The molecule has 3 saturated carbocycles. The van der Waals surface area contributed by atoms with Crippen LogP contribution in [-0.4, -0.2) is 53.9 Å². The number of amides is 2. The second kappa shape index (κ2) is 27.4. The maximum atomic E-state index is 12.0. The maximum Gasteiger partial charge on any atom is 0.293 e. The molecule has 0 saturated heterocycles. The fraction of sp³-hybridized carbons (Fsp3) is 0.508. The van der Waals surface area contributed by atoms with Crippen LogP contribution in [0.3, 0.4) is 0 Å². The zero-order valence-electron chi connectivity index (χ0n) is 48.9. The monoisotopic (exact) mass is 1140 g/mol. The van der Waals surface area contributed by atoms with Crippen molar-refractivity contribution in [2.75, 3.05) is 16.4 Å². The van der Waals surface area contributed by atoms with Crippen molar-refractivity contribution in [1.29, 1.82) is 0 Å². The number of anilines is 3. The first-order valence-electron chi connectivity index (χ1n) is 27.3. The molecule has 2 amide bonds. The van der Waals surface area contributed by atoms with Crippen LogP contribution in [0.1, 0.15) is 182 Å². The number of nitrogen functional groups attached to an aromatic ring is 1. The van der Waals surface area contributed by atoms with Gasteiger partial charge in [-0.1, -0.05) is 107 Å². The van der Waals surface area contributed by atoms with Gasteiger partial charge < -0.3 is 21.4 Å². The molecule has 438 valence electrons. The molecule has 5 N–H and O–H groups in total. The fourth-order valence-corrected chi connectivity index (χ4v) is 9.13. The topological polar surface area (TPSA) is 294 Å². The Labute approximate surface area is 480 Å². The summed E-state index contributed by atoms with van der Waals surface area (Å²) in [6.45, 7) is 24.5. The third-order valence-corrected chi connectivity index (χ3v) is 14.6. The number of nitro groups is 3. The highest BCUT2D eigenvalue weighted by molar-refractivity contribution is 5.94. The number of fused-ring (bicyclic) bond motifs is 1. The van der Waals surface area contributed by atoms with E-state index in [0.29, 0.717) is 50.2 Å². The number of nitrogens with one attached hydrogen (secondary N) is 3. The van der Waals surface area contributed by atoms with Crippen molar-refractivity contribution < 1.29 is 38.7 Å². The zero-order valence-corrected chi connectivity index (χ0v) is 49.7. The summed E-state index contributed by atoms with van der Waals surface area (Å²) >= 11 is 0. The van der Waals surface area contributed by atoms with Crippen LogP contribution in [-0.2, 0) is 52.1 Å². The Kier molecular flexibility index (Phi) is 22.3. The van der Waals surface area contributed by atoms with Crippen LogP contribution in [0, 0.1) is 48.1 Å². The van der Waals surface area contributed by atoms with Crippen molar-refractivity contribution in [1.82, 2.24) is 9.97 Å². The third-order valence-electron chi connectivity index (χ3n) is 14.6. The largest absolute Gasteiger partial charge is 0.393 e. The average molecular weight is 1140 g/mol. The summed E-state index contributed by atoms with van der Waals surface area (Å²) in [5.41, 5.74) is 11.7. The van der Waals surface area contributed by atoms with Gasteiger partial charge in [0.2, 0.25) is 11.8 Å². The standard InChI is InChI=1S/2C17H22N2O4.C17H22N2O.C10H14N2O2.ClH/c2*1-17(2,3)12-5-6-14(15(10-12)19(22)23)18-16(21)7-4-11-8-13(20)9-11;1-17(2,3)12-5-6-14-15(10-12)19-16(18-14)7-4-11-8-13(20)9-11;1-10(2,3)7-4-5-8(11)9(6-7)12(13)14;/h2*5-6,10-11H,4,7-9H2,1-3H3,(H,18,21);5-6,10-11H,4,7-9H2,1-3H3,(H,18,19);4-6H,11H2,1-3H3;1H. The minimum atomic E-state index is -0.477. The molecule has 3 fully saturated rings. The molecular formula is C61H81ClN8O11. The Morgan fingerprint density at radius 2 is 0.864 bits per heavy atom. The molecule has 1 aromatic heterocycles. The summed E-state index contributed by atoms with van der Waals surface area (Å²) in [4.78, 5) is 96.5. The van der Waals surface area contributed by atoms with Gasteiger partial charge in [-0.2, -0.15) is 0 Å². The molecule has 3 aliphatic carbocycles. The van der Waals surface area contributed by atoms with E-state index >= 15 is 0 Å². The third kappa shape index (κ3) is 19.7. The molecule has 5 aromatic rings. The zero-order chi connectivity index (χ0) is 59.7. The van der Waals surface area contributed by atoms with Crippen LogP contribution < -0.4 is 16.4 Å². The van der Waals surface area contributed by atoms with E-state index in [9.17, 15) is 54.3 Å². The Morgan fingerprint density at radius 1 is 0.531 bits per heavy atom. The first-order chi connectivity index (χ1) is 37.1. The summed E-state index contributed by atoms with van der Waals surface area (Å²) in [5.74, 6) is 2.58. The summed E-state index contributed by atoms with van der Waals surface area (Å²) < 4.78 is 0. The number of aromatic nitrogens is 2. The lowest BCUT2D eigenvalue weighted by atomic mass is 9.81. The van der Waals surface area contributed by atoms with Crippen molar-refractivity contribution in [3.8, 4) is 0 Å². The van der Waals surface area contributed by atoms with E-state index in [4.69, 9.17) is 5.73 Å². The van der Waals surface area contributed by atoms with Gasteiger partial charge in [-0.05, 0) is 111 Å². The number of aromatic amines is 1. The number of carbonyl (C=O) groups is 5. The Morgan fingerprint density at radius 3 is 1.22 bits per heavy atom. The van der Waals surface area contributed by atoms with Crippen LogP contribution in [0.25, 0.3) is 11.0 Å². The van der Waals surface area contributed by atoms with Crippen molar-refractivity contribution in [2.24, 2.45) is 17.8 Å². The Hall–Kier alpha value is -7.41. The number of nitrogens with zero attached hydrogens (tertiary/aromatic N) is 4. The molecular weight excluding hydrogens is 1060 g/mol. The highest BCUT2D eigenvalue weighted by Gasteiger charge is 2.30. The summed E-state index contributed by atoms with van der Waals surface area (Å²) in [6, 6.07) is 21.2. The number of halogens is 1. The van der Waals surface area contributed by atoms with Gasteiger partial charge in [0.1, 0.15) is 40.2 Å². The van der Waals surface area contributed by atoms with Gasteiger partial charge in [0.15, 0.2) is 0 Å². The number of nitrogens with two attached hydrogens (primary N) is 1. The van der Waals surface area contributed by atoms with Crippen LogP contribution in [0.2, 0.25) is 0 Å². The lowest BCUT2D eigenvalue weighted by Crippen LogP contribution is -2.24.